The first kappa shape index (κ1) is 20.4. The maximum atomic E-state index is 12.8. The van der Waals surface area contributed by atoms with Gasteiger partial charge in [-0.25, -0.2) is 0 Å². The van der Waals surface area contributed by atoms with E-state index in [1.807, 2.05) is 12.1 Å². The van der Waals surface area contributed by atoms with Gasteiger partial charge in [0.1, 0.15) is 6.61 Å². The van der Waals surface area contributed by atoms with Gasteiger partial charge in [-0.3, -0.25) is 19.3 Å². The Kier molecular flexibility index (Phi) is 5.75. The van der Waals surface area contributed by atoms with Crippen LogP contribution in [-0.4, -0.2) is 29.2 Å². The Balaban J connectivity index is 1.36. The van der Waals surface area contributed by atoms with Crippen LogP contribution in [0.3, 0.4) is 0 Å². The maximum Gasteiger partial charge on any atom is 0.306 e. The fourth-order valence-electron chi connectivity index (χ4n) is 3.53. The van der Waals surface area contributed by atoms with Crippen molar-refractivity contribution >= 4 is 51.8 Å². The fraction of sp³-hybridized carbons (Fsp3) is 0.174. The van der Waals surface area contributed by atoms with E-state index < -0.39 is 5.97 Å². The van der Waals surface area contributed by atoms with Gasteiger partial charge in [0.25, 0.3) is 11.8 Å². The van der Waals surface area contributed by atoms with Gasteiger partial charge in [0.15, 0.2) is 0 Å². The predicted molar refractivity (Wildman–Crippen MR) is 115 cm³/mol. The molecule has 7 heteroatoms. The molecule has 2 amide bonds. The highest BCUT2D eigenvalue weighted by Crippen LogP contribution is 2.30. The SMILES string of the molecule is O=C(CCCN1C(=O)c2cccc3cccc(c23)C1=O)OCc1ccc(Cl)c(Cl)c1. The second-order valence-electron chi connectivity index (χ2n) is 6.98. The number of amides is 2. The molecule has 0 aromatic heterocycles. The maximum absolute atomic E-state index is 12.8. The molecule has 5 nitrogen and oxygen atoms in total. The summed E-state index contributed by atoms with van der Waals surface area (Å²) in [5.74, 6) is -1.09. The highest BCUT2D eigenvalue weighted by Gasteiger charge is 2.32. The Bertz CT molecular complexity index is 1120. The van der Waals surface area contributed by atoms with Crippen molar-refractivity contribution in [1.82, 2.24) is 4.90 Å². The molecule has 3 aromatic carbocycles. The van der Waals surface area contributed by atoms with Gasteiger partial charge in [-0.2, -0.15) is 0 Å². The molecule has 0 saturated carbocycles. The third-order valence-corrected chi connectivity index (χ3v) is 5.74. The van der Waals surface area contributed by atoms with Gasteiger partial charge < -0.3 is 4.74 Å². The van der Waals surface area contributed by atoms with E-state index in [1.54, 1.807) is 42.5 Å². The number of rotatable bonds is 6. The number of hydrogen-bond acceptors (Lipinski definition) is 4. The third-order valence-electron chi connectivity index (χ3n) is 5.00. The highest BCUT2D eigenvalue weighted by molar-refractivity contribution is 6.42. The van der Waals surface area contributed by atoms with Crippen LogP contribution >= 0.6 is 23.2 Å². The molecule has 4 rings (SSSR count). The Hall–Kier alpha value is -2.89. The molecule has 30 heavy (non-hydrogen) atoms. The van der Waals surface area contributed by atoms with Crippen molar-refractivity contribution in [3.63, 3.8) is 0 Å². The summed E-state index contributed by atoms with van der Waals surface area (Å²) in [4.78, 5) is 38.9. The Morgan fingerprint density at radius 3 is 2.20 bits per heavy atom. The van der Waals surface area contributed by atoms with Gasteiger partial charge in [0.05, 0.1) is 10.0 Å². The first-order valence-electron chi connectivity index (χ1n) is 9.43. The zero-order valence-electron chi connectivity index (χ0n) is 15.9. The summed E-state index contributed by atoms with van der Waals surface area (Å²) in [6.45, 7) is 0.219. The zero-order valence-corrected chi connectivity index (χ0v) is 17.4. The van der Waals surface area contributed by atoms with Crippen LogP contribution in [-0.2, 0) is 16.1 Å². The summed E-state index contributed by atoms with van der Waals surface area (Å²) in [7, 11) is 0. The standard InChI is InChI=1S/C23H17Cl2NO4/c24-18-10-9-14(12-19(18)25)13-30-20(27)8-3-11-26-22(28)16-6-1-4-15-5-2-7-17(21(15)16)23(26)29/h1-2,4-7,9-10,12H,3,8,11,13H2. The molecule has 0 N–H and O–H groups in total. The van der Waals surface area contributed by atoms with Crippen LogP contribution in [0.4, 0.5) is 0 Å². The molecule has 1 heterocycles. The summed E-state index contributed by atoms with van der Waals surface area (Å²) in [5.41, 5.74) is 1.73. The number of nitrogens with zero attached hydrogens (tertiary/aromatic N) is 1. The number of carbonyl (C=O) groups excluding carboxylic acids is 3. The first-order chi connectivity index (χ1) is 14.5. The van der Waals surface area contributed by atoms with Crippen LogP contribution < -0.4 is 0 Å². The van der Waals surface area contributed by atoms with Gasteiger partial charge in [0, 0.05) is 29.5 Å². The van der Waals surface area contributed by atoms with Crippen molar-refractivity contribution < 1.29 is 19.1 Å². The van der Waals surface area contributed by atoms with Crippen LogP contribution in [0.1, 0.15) is 39.1 Å². The lowest BCUT2D eigenvalue weighted by Gasteiger charge is -2.27. The van der Waals surface area contributed by atoms with Crippen molar-refractivity contribution in [2.24, 2.45) is 0 Å². The van der Waals surface area contributed by atoms with Crippen molar-refractivity contribution in [2.45, 2.75) is 19.4 Å². The summed E-state index contributed by atoms with van der Waals surface area (Å²) in [5, 5.41) is 2.37. The molecule has 0 saturated heterocycles. The van der Waals surface area contributed by atoms with Crippen molar-refractivity contribution in [1.29, 1.82) is 0 Å². The number of benzene rings is 3. The smallest absolute Gasteiger partial charge is 0.306 e. The molecule has 1 aliphatic rings. The Morgan fingerprint density at radius 1 is 0.900 bits per heavy atom. The number of hydrogen-bond donors (Lipinski definition) is 0. The van der Waals surface area contributed by atoms with Gasteiger partial charge in [-0.05, 0) is 41.6 Å². The fourth-order valence-corrected chi connectivity index (χ4v) is 3.85. The van der Waals surface area contributed by atoms with Crippen LogP contribution in [0.2, 0.25) is 10.0 Å². The van der Waals surface area contributed by atoms with E-state index in [-0.39, 0.29) is 31.4 Å². The van der Waals surface area contributed by atoms with E-state index in [9.17, 15) is 14.4 Å². The lowest BCUT2D eigenvalue weighted by Crippen LogP contribution is -2.41. The van der Waals surface area contributed by atoms with Crippen molar-refractivity contribution in [2.75, 3.05) is 6.54 Å². The van der Waals surface area contributed by atoms with Gasteiger partial charge in [-0.1, -0.05) is 53.5 Å². The molecule has 0 bridgehead atoms. The minimum Gasteiger partial charge on any atom is -0.461 e. The Labute approximate surface area is 183 Å². The second-order valence-corrected chi connectivity index (χ2v) is 7.80. The summed E-state index contributed by atoms with van der Waals surface area (Å²) in [6, 6.07) is 15.8. The van der Waals surface area contributed by atoms with Gasteiger partial charge in [-0.15, -0.1) is 0 Å². The summed E-state index contributed by atoms with van der Waals surface area (Å²) >= 11 is 11.8. The highest BCUT2D eigenvalue weighted by atomic mass is 35.5. The van der Waals surface area contributed by atoms with Gasteiger partial charge >= 0.3 is 5.97 Å². The topological polar surface area (TPSA) is 63.7 Å². The average molecular weight is 442 g/mol. The Morgan fingerprint density at radius 2 is 1.57 bits per heavy atom. The lowest BCUT2D eigenvalue weighted by atomic mass is 9.94. The van der Waals surface area contributed by atoms with Crippen LogP contribution in [0.15, 0.2) is 54.6 Å². The molecule has 0 spiro atoms. The second kappa shape index (κ2) is 8.46. The number of imide groups is 1. The minimum atomic E-state index is -0.416. The molecule has 152 valence electrons. The van der Waals surface area contributed by atoms with E-state index in [2.05, 4.69) is 0 Å². The predicted octanol–water partition coefficient (Wildman–Crippen LogP) is 5.27. The number of carbonyl (C=O) groups is 3. The van der Waals surface area contributed by atoms with E-state index in [0.29, 0.717) is 33.0 Å². The van der Waals surface area contributed by atoms with E-state index in [4.69, 9.17) is 27.9 Å². The van der Waals surface area contributed by atoms with Crippen molar-refractivity contribution in [3.05, 3.63) is 81.3 Å². The van der Waals surface area contributed by atoms with E-state index in [1.165, 1.54) is 4.90 Å². The molecule has 0 unspecified atom stereocenters. The quantitative estimate of drug-likeness (QED) is 0.386. The average Bonchev–Trinajstić information content (AvgIpc) is 2.75. The zero-order chi connectivity index (χ0) is 21.3. The number of ether oxygens (including phenoxy) is 1. The molecular formula is C23H17Cl2NO4. The minimum absolute atomic E-state index is 0.0761. The van der Waals surface area contributed by atoms with E-state index >= 15 is 0 Å². The monoisotopic (exact) mass is 441 g/mol. The van der Waals surface area contributed by atoms with Gasteiger partial charge in [0.2, 0.25) is 0 Å². The molecule has 1 aliphatic heterocycles. The van der Waals surface area contributed by atoms with Crippen LogP contribution in [0.25, 0.3) is 10.8 Å². The molecule has 0 radical (unpaired) electrons. The lowest BCUT2D eigenvalue weighted by molar-refractivity contribution is -0.145. The largest absolute Gasteiger partial charge is 0.461 e. The van der Waals surface area contributed by atoms with Crippen LogP contribution in [0.5, 0.6) is 0 Å². The number of halogens is 2. The number of esters is 1. The summed E-state index contributed by atoms with van der Waals surface area (Å²) < 4.78 is 5.24. The first-order valence-corrected chi connectivity index (χ1v) is 10.2. The molecular weight excluding hydrogens is 425 g/mol. The van der Waals surface area contributed by atoms with Crippen molar-refractivity contribution in [3.8, 4) is 0 Å². The molecule has 0 aliphatic carbocycles. The molecule has 3 aromatic rings. The van der Waals surface area contributed by atoms with E-state index in [0.717, 1.165) is 10.9 Å². The van der Waals surface area contributed by atoms with Crippen LogP contribution in [0, 0.1) is 0 Å². The molecule has 0 atom stereocenters. The summed E-state index contributed by atoms with van der Waals surface area (Å²) in [6.07, 6.45) is 0.403. The molecule has 0 fully saturated rings. The third kappa shape index (κ3) is 3.91. The normalized spacial score (nSPS) is 13.1.